The van der Waals surface area contributed by atoms with Crippen LogP contribution in [0.4, 0.5) is 0 Å². The number of hydrogen-bond acceptors (Lipinski definition) is 10. The minimum Gasteiger partial charge on any atom is -0.756 e. The maximum Gasteiger partial charge on any atom is 3.00 e. The van der Waals surface area contributed by atoms with Crippen LogP contribution < -0.4 is 24.5 Å². The average Bonchev–Trinajstić information content (AvgIpc) is 1.79. The van der Waals surface area contributed by atoms with Gasteiger partial charge in [-0.1, -0.05) is 0 Å². The third-order valence-corrected chi connectivity index (χ3v) is 0. The van der Waals surface area contributed by atoms with E-state index in [1.807, 2.05) is 0 Å². The summed E-state index contributed by atoms with van der Waals surface area (Å²) in [7, 11) is -24.4. The molecule has 20 nitrogen and oxygen atoms in total. The normalized spacial score (nSPS) is 10.9. The van der Waals surface area contributed by atoms with Gasteiger partial charge in [-0.25, -0.2) is 0 Å². The Bertz CT molecular complexity index is 377. The van der Waals surface area contributed by atoms with Crippen LogP contribution in [-0.4, -0.2) is 66.3 Å². The molecule has 0 aliphatic carbocycles. The van der Waals surface area contributed by atoms with Crippen LogP contribution in [0.2, 0.25) is 0 Å². The third kappa shape index (κ3) is 6290. The summed E-state index contributed by atoms with van der Waals surface area (Å²) >= 11 is 0. The molecule has 0 rings (SSSR count). The average molecular weight is 577 g/mol. The molecule has 0 spiro atoms. The SMILES string of the molecule is O=P([O-])(O)O.O=P([O-])(O)O.O=P([O-])(O)O.O=P([O-])(O)O.O=P([O-])(O)O.[Al+3].[Zn+2]. The monoisotopic (exact) mass is 576 g/mol. The predicted octanol–water partition coefficient (Wildman–Crippen LogP) is -8.19. The van der Waals surface area contributed by atoms with E-state index < -0.39 is 39.1 Å². The van der Waals surface area contributed by atoms with E-state index in [1.165, 1.54) is 0 Å². The Labute approximate surface area is 172 Å². The van der Waals surface area contributed by atoms with E-state index >= 15 is 0 Å². The van der Waals surface area contributed by atoms with Crippen molar-refractivity contribution in [2.24, 2.45) is 0 Å². The standard InChI is InChI=1S/Al.5H3O4P.Zn/c;5*1-5(2,3)4;/h;5*(H3,1,2,3,4);/q+3;;;;;;+2/p-5. The summed E-state index contributed by atoms with van der Waals surface area (Å²) in [5, 5.41) is 0. The Morgan fingerprint density at radius 2 is 0.370 bits per heavy atom. The van der Waals surface area contributed by atoms with Gasteiger partial charge in [0.1, 0.15) is 0 Å². The summed E-state index contributed by atoms with van der Waals surface area (Å²) < 4.78 is 43.9. The van der Waals surface area contributed by atoms with Gasteiger partial charge in [0, 0.05) is 0 Å². The second-order valence-electron chi connectivity index (χ2n) is 2.45. The molecule has 0 atom stereocenters. The van der Waals surface area contributed by atoms with Crippen LogP contribution in [0.15, 0.2) is 0 Å². The van der Waals surface area contributed by atoms with Crippen molar-refractivity contribution in [3.63, 3.8) is 0 Å². The first-order valence-corrected chi connectivity index (χ1v) is 11.5. The minimum atomic E-state index is -4.89. The van der Waals surface area contributed by atoms with Crippen LogP contribution in [0.25, 0.3) is 0 Å². The van der Waals surface area contributed by atoms with Crippen LogP contribution in [0.5, 0.6) is 0 Å². The Kier molecular flexibility index (Phi) is 34.0. The van der Waals surface area contributed by atoms with E-state index in [9.17, 15) is 0 Å². The topological polar surface area (TPSA) is 403 Å². The summed E-state index contributed by atoms with van der Waals surface area (Å²) in [6.07, 6.45) is 0. The van der Waals surface area contributed by atoms with Gasteiger partial charge >= 0.3 is 36.8 Å². The summed E-state index contributed by atoms with van der Waals surface area (Å²) in [6.45, 7) is 0. The van der Waals surface area contributed by atoms with Gasteiger partial charge in [0.25, 0.3) is 39.1 Å². The van der Waals surface area contributed by atoms with E-state index in [0.29, 0.717) is 0 Å². The summed E-state index contributed by atoms with van der Waals surface area (Å²) in [5.41, 5.74) is 0. The smallest absolute Gasteiger partial charge is 0.756 e. The van der Waals surface area contributed by atoms with Gasteiger partial charge in [0.15, 0.2) is 0 Å². The second kappa shape index (κ2) is 19.7. The van der Waals surface area contributed by atoms with Gasteiger partial charge in [0.2, 0.25) is 0 Å². The number of rotatable bonds is 0. The van der Waals surface area contributed by atoms with Gasteiger partial charge in [-0.3, -0.25) is 22.8 Å². The largest absolute Gasteiger partial charge is 3.00 e. The minimum absolute atomic E-state index is 0. The fourth-order valence-electron chi connectivity index (χ4n) is 0. The molecule has 160 valence electrons. The fraction of sp³-hybridized carbons (Fsp3) is 0. The molecule has 0 unspecified atom stereocenters. The van der Waals surface area contributed by atoms with Gasteiger partial charge < -0.3 is 73.4 Å². The van der Waals surface area contributed by atoms with Crippen LogP contribution in [0.1, 0.15) is 0 Å². The van der Waals surface area contributed by atoms with Crippen molar-refractivity contribution in [2.75, 3.05) is 0 Å². The van der Waals surface area contributed by atoms with Gasteiger partial charge in [-0.05, 0) is 0 Å². The second-order valence-corrected chi connectivity index (χ2v) is 7.36. The summed E-state index contributed by atoms with van der Waals surface area (Å²) in [5.74, 6) is 0. The van der Waals surface area contributed by atoms with Crippen molar-refractivity contribution in [2.45, 2.75) is 0 Å². The molecule has 10 N–H and O–H groups in total. The quantitative estimate of drug-likeness (QED) is 0.0943. The van der Waals surface area contributed by atoms with Crippen LogP contribution in [0, 0.1) is 0 Å². The molecule has 0 saturated heterocycles. The van der Waals surface area contributed by atoms with E-state index in [4.69, 9.17) is 96.2 Å². The molecular formula is H10AlO20P5Zn. The molecule has 27 heteroatoms. The zero-order chi connectivity index (χ0) is 22.5. The van der Waals surface area contributed by atoms with Crippen molar-refractivity contribution >= 4 is 56.5 Å². The molecule has 0 bridgehead atoms. The predicted molar refractivity (Wildman–Crippen MR) is 66.0 cm³/mol. The molecular weight excluding hydrogens is 567 g/mol. The maximum atomic E-state index is 8.77. The molecule has 0 radical (unpaired) electrons. The van der Waals surface area contributed by atoms with Crippen molar-refractivity contribution < 1.29 is 116 Å². The molecule has 0 amide bonds. The van der Waals surface area contributed by atoms with Gasteiger partial charge in [-0.2, -0.15) is 0 Å². The molecule has 0 aromatic rings. The van der Waals surface area contributed by atoms with E-state index in [2.05, 4.69) is 0 Å². The van der Waals surface area contributed by atoms with Crippen molar-refractivity contribution in [3.05, 3.63) is 0 Å². The Morgan fingerprint density at radius 1 is 0.370 bits per heavy atom. The first-order chi connectivity index (χ1) is 10.0. The zero-order valence-corrected chi connectivity index (χ0v) is 20.7. The van der Waals surface area contributed by atoms with Gasteiger partial charge in [-0.15, -0.1) is 0 Å². The van der Waals surface area contributed by atoms with Crippen LogP contribution in [0.3, 0.4) is 0 Å². The molecule has 0 heterocycles. The Hall–Kier alpha value is 1.71. The summed E-state index contributed by atoms with van der Waals surface area (Å²) in [6, 6.07) is 0. The van der Waals surface area contributed by atoms with E-state index in [1.54, 1.807) is 0 Å². The van der Waals surface area contributed by atoms with Crippen molar-refractivity contribution in [1.82, 2.24) is 0 Å². The Morgan fingerprint density at radius 3 is 0.370 bits per heavy atom. The molecule has 0 aromatic heterocycles. The van der Waals surface area contributed by atoms with Gasteiger partial charge in [0.05, 0.1) is 0 Å². The first-order valence-electron chi connectivity index (χ1n) is 3.83. The zero-order valence-electron chi connectivity index (χ0n) is 12.1. The Balaban J connectivity index is -0.0000000364. The molecule has 0 fully saturated rings. The first kappa shape index (κ1) is 46.8. The van der Waals surface area contributed by atoms with E-state index in [0.717, 1.165) is 0 Å². The summed E-state index contributed by atoms with van der Waals surface area (Å²) in [4.78, 5) is 115. The molecule has 0 saturated carbocycles. The van der Waals surface area contributed by atoms with Crippen LogP contribution in [-0.2, 0) is 42.3 Å². The molecule has 0 aliphatic rings. The van der Waals surface area contributed by atoms with Crippen molar-refractivity contribution in [1.29, 1.82) is 0 Å². The molecule has 0 aromatic carbocycles. The molecule has 27 heavy (non-hydrogen) atoms. The van der Waals surface area contributed by atoms with Crippen molar-refractivity contribution in [3.8, 4) is 0 Å². The number of hydrogen-bond donors (Lipinski definition) is 10. The third-order valence-electron chi connectivity index (χ3n) is 0. The molecule has 0 aliphatic heterocycles. The van der Waals surface area contributed by atoms with E-state index in [-0.39, 0.29) is 36.8 Å². The fourth-order valence-corrected chi connectivity index (χ4v) is 0. The maximum absolute atomic E-state index is 8.77. The number of phosphoric acid groups is 5. The van der Waals surface area contributed by atoms with Crippen LogP contribution >= 0.6 is 39.1 Å².